The SMILES string of the molecule is CCCCCCCCCCCCCCC(OC(=O)c1c(C)cc(C)cc1C)C(CC[C@H](OC(=O)c1c(C)cc(C)cc1C)[C@H]1CC[C@H](CCCCCC(CC2=CC(C)OC2=O)OC(=O)c2c(C)cc(C)cc2C)O1)OC(=O)c1c(C)cc(C)cc1C. The smallest absolute Gasteiger partial charge is 0.339 e. The molecule has 0 aliphatic carbocycles. The van der Waals surface area contributed by atoms with E-state index in [2.05, 4.69) is 6.92 Å². The topological polar surface area (TPSA) is 141 Å². The summed E-state index contributed by atoms with van der Waals surface area (Å²) in [6.07, 6.45) is 18.8. The zero-order valence-electron chi connectivity index (χ0n) is 55.0. The van der Waals surface area contributed by atoms with Crippen LogP contribution in [-0.2, 0) is 33.2 Å². The highest BCUT2D eigenvalue weighted by molar-refractivity contribution is 5.95. The number of benzene rings is 4. The number of ether oxygens (including phenoxy) is 6. The summed E-state index contributed by atoms with van der Waals surface area (Å²) in [5.74, 6) is -2.11. The summed E-state index contributed by atoms with van der Waals surface area (Å²) >= 11 is 0. The van der Waals surface area contributed by atoms with Gasteiger partial charge in [0.05, 0.1) is 34.5 Å². The second kappa shape index (κ2) is 33.9. The molecule has 2 heterocycles. The van der Waals surface area contributed by atoms with Gasteiger partial charge >= 0.3 is 29.8 Å². The lowest BCUT2D eigenvalue weighted by atomic mass is 9.95. The Hall–Kier alpha value is -6.07. The first-order valence-electron chi connectivity index (χ1n) is 32.8. The van der Waals surface area contributed by atoms with Crippen molar-refractivity contribution in [3.63, 3.8) is 0 Å². The predicted octanol–water partition coefficient (Wildman–Crippen LogP) is 18.2. The van der Waals surface area contributed by atoms with Gasteiger partial charge < -0.3 is 28.4 Å². The first-order chi connectivity index (χ1) is 41.0. The molecule has 4 aromatic carbocycles. The molecule has 6 rings (SSSR count). The van der Waals surface area contributed by atoms with Gasteiger partial charge in [-0.05, 0) is 198 Å². The van der Waals surface area contributed by atoms with Crippen molar-refractivity contribution >= 4 is 29.8 Å². The Morgan fingerprint density at radius 2 is 0.826 bits per heavy atom. The molecule has 0 aromatic heterocycles. The molecule has 0 saturated carbocycles. The number of esters is 5. The van der Waals surface area contributed by atoms with E-state index in [1.54, 1.807) is 0 Å². The van der Waals surface area contributed by atoms with Crippen LogP contribution in [0.1, 0.15) is 270 Å². The van der Waals surface area contributed by atoms with Crippen molar-refractivity contribution < 1.29 is 52.4 Å². The van der Waals surface area contributed by atoms with Crippen molar-refractivity contribution in [1.82, 2.24) is 0 Å². The Balaban J connectivity index is 1.21. The van der Waals surface area contributed by atoms with E-state index in [0.717, 1.165) is 125 Å². The summed E-state index contributed by atoms with van der Waals surface area (Å²) in [5, 5.41) is 0. The highest BCUT2D eigenvalue weighted by atomic mass is 16.6. The number of carbonyl (C=O) groups is 5. The van der Waals surface area contributed by atoms with Crippen LogP contribution in [0.5, 0.6) is 0 Å². The molecular weight excluding hydrogens is 1080 g/mol. The maximum Gasteiger partial charge on any atom is 0.339 e. The largest absolute Gasteiger partial charge is 0.458 e. The van der Waals surface area contributed by atoms with E-state index < -0.39 is 48.4 Å². The Morgan fingerprint density at radius 1 is 0.453 bits per heavy atom. The monoisotopic (exact) mass is 1180 g/mol. The van der Waals surface area contributed by atoms with Gasteiger partial charge in [-0.3, -0.25) is 0 Å². The third-order valence-corrected chi connectivity index (χ3v) is 17.6. The van der Waals surface area contributed by atoms with E-state index in [1.807, 2.05) is 145 Å². The molecule has 0 spiro atoms. The van der Waals surface area contributed by atoms with Crippen molar-refractivity contribution in [1.29, 1.82) is 0 Å². The van der Waals surface area contributed by atoms with Crippen LogP contribution in [-0.4, -0.2) is 72.6 Å². The Labute approximate surface area is 516 Å². The molecular formula is C75H104O11. The molecule has 2 aliphatic heterocycles. The van der Waals surface area contributed by atoms with Crippen molar-refractivity contribution in [2.45, 2.75) is 287 Å². The fraction of sp³-hybridized carbons (Fsp3) is 0.587. The summed E-state index contributed by atoms with van der Waals surface area (Å²) in [4.78, 5) is 70.3. The van der Waals surface area contributed by atoms with Crippen molar-refractivity contribution in [3.05, 3.63) is 149 Å². The molecule has 0 amide bonds. The zero-order chi connectivity index (χ0) is 62.6. The molecule has 11 heteroatoms. The van der Waals surface area contributed by atoms with E-state index in [0.29, 0.717) is 47.1 Å². The molecule has 4 aromatic rings. The third kappa shape index (κ3) is 20.5. The average Bonchev–Trinajstić information content (AvgIpc) is 3.67. The van der Waals surface area contributed by atoms with Crippen LogP contribution < -0.4 is 0 Å². The number of rotatable bonds is 34. The number of carbonyl (C=O) groups excluding carboxylic acids is 5. The predicted molar refractivity (Wildman–Crippen MR) is 344 cm³/mol. The summed E-state index contributed by atoms with van der Waals surface area (Å²) in [6, 6.07) is 15.9. The molecule has 2 aliphatic rings. The molecule has 1 saturated heterocycles. The lowest BCUT2D eigenvalue weighted by Crippen LogP contribution is -2.39. The molecule has 86 heavy (non-hydrogen) atoms. The number of hydrogen-bond acceptors (Lipinski definition) is 11. The number of hydrogen-bond donors (Lipinski definition) is 0. The van der Waals surface area contributed by atoms with Gasteiger partial charge in [0.15, 0.2) is 0 Å². The summed E-state index contributed by atoms with van der Waals surface area (Å²) in [7, 11) is 0. The van der Waals surface area contributed by atoms with E-state index in [1.165, 1.54) is 51.4 Å². The molecule has 0 N–H and O–H groups in total. The fourth-order valence-electron chi connectivity index (χ4n) is 13.7. The summed E-state index contributed by atoms with van der Waals surface area (Å²) < 4.78 is 38.5. The van der Waals surface area contributed by atoms with Crippen molar-refractivity contribution in [3.8, 4) is 0 Å². The van der Waals surface area contributed by atoms with Gasteiger partial charge in [0.25, 0.3) is 0 Å². The Kier molecular flexibility index (Phi) is 27.2. The van der Waals surface area contributed by atoms with Crippen molar-refractivity contribution in [2.24, 2.45) is 0 Å². The van der Waals surface area contributed by atoms with E-state index >= 15 is 0 Å². The van der Waals surface area contributed by atoms with Crippen LogP contribution in [0.3, 0.4) is 0 Å². The van der Waals surface area contributed by atoms with Crippen LogP contribution in [0.4, 0.5) is 0 Å². The van der Waals surface area contributed by atoms with Gasteiger partial charge in [-0.15, -0.1) is 0 Å². The van der Waals surface area contributed by atoms with Gasteiger partial charge in [-0.25, -0.2) is 24.0 Å². The van der Waals surface area contributed by atoms with Crippen LogP contribution in [0, 0.1) is 83.1 Å². The van der Waals surface area contributed by atoms with Gasteiger partial charge in [0.2, 0.25) is 0 Å². The Morgan fingerprint density at radius 3 is 1.24 bits per heavy atom. The molecule has 4 unspecified atom stereocenters. The minimum atomic E-state index is -0.876. The number of unbranched alkanes of at least 4 members (excludes halogenated alkanes) is 13. The van der Waals surface area contributed by atoms with Gasteiger partial charge in [0.1, 0.15) is 30.5 Å². The highest BCUT2D eigenvalue weighted by Crippen LogP contribution is 2.34. The van der Waals surface area contributed by atoms with Crippen LogP contribution >= 0.6 is 0 Å². The first kappa shape index (κ1) is 69.0. The van der Waals surface area contributed by atoms with E-state index in [4.69, 9.17) is 28.4 Å². The molecule has 1 fully saturated rings. The lowest BCUT2D eigenvalue weighted by molar-refractivity contribution is -0.139. The van der Waals surface area contributed by atoms with E-state index in [9.17, 15) is 24.0 Å². The normalized spacial score (nSPS) is 17.2. The fourth-order valence-corrected chi connectivity index (χ4v) is 13.7. The quantitative estimate of drug-likeness (QED) is 0.0251. The standard InChI is InChI=1S/C75H104O11/c1-15-16-17-18-19-20-21-22-23-24-25-29-32-63(84-73(78)68-53(8)39-48(3)40-54(68)9)65(85-74(79)69-55(10)41-49(4)42-56(69)11)35-36-66(86-75(80)70-57(12)43-50(5)44-58(70)13)64-34-33-61(82-64)30-27-26-28-31-62(46-60-45-59(14)81-71(60)76)83-72(77)67-51(6)37-47(2)38-52(67)7/h37-45,59,61-66H,15-36,46H2,1-14H3/t59?,61-,62?,63?,64+,65?,66-/m0/s1. The van der Waals surface area contributed by atoms with Crippen LogP contribution in [0.25, 0.3) is 0 Å². The maximum absolute atomic E-state index is 14.7. The van der Waals surface area contributed by atoms with Crippen LogP contribution in [0.15, 0.2) is 60.2 Å². The molecule has 470 valence electrons. The average molecular weight is 1180 g/mol. The van der Waals surface area contributed by atoms with Crippen LogP contribution in [0.2, 0.25) is 0 Å². The van der Waals surface area contributed by atoms with Gasteiger partial charge in [-0.1, -0.05) is 161 Å². The van der Waals surface area contributed by atoms with Gasteiger partial charge in [-0.2, -0.15) is 0 Å². The second-order valence-corrected chi connectivity index (χ2v) is 25.7. The second-order valence-electron chi connectivity index (χ2n) is 25.7. The molecule has 0 bridgehead atoms. The summed E-state index contributed by atoms with van der Waals surface area (Å²) in [6.45, 7) is 27.6. The number of cyclic esters (lactones) is 1. The molecule has 7 atom stereocenters. The first-order valence-corrected chi connectivity index (χ1v) is 32.8. The Bertz CT molecular complexity index is 2890. The minimum Gasteiger partial charge on any atom is -0.458 e. The van der Waals surface area contributed by atoms with Gasteiger partial charge in [0, 0.05) is 12.0 Å². The molecule has 11 nitrogen and oxygen atoms in total. The lowest BCUT2D eigenvalue weighted by Gasteiger charge is -2.31. The molecule has 0 radical (unpaired) electrons. The zero-order valence-corrected chi connectivity index (χ0v) is 55.0. The minimum absolute atomic E-state index is 0.0911. The van der Waals surface area contributed by atoms with E-state index in [-0.39, 0.29) is 43.4 Å². The maximum atomic E-state index is 14.7. The number of aryl methyl sites for hydroxylation is 12. The summed E-state index contributed by atoms with van der Waals surface area (Å²) in [5.41, 5.74) is 13.5. The third-order valence-electron chi connectivity index (χ3n) is 17.6. The van der Waals surface area contributed by atoms with Crippen molar-refractivity contribution in [2.75, 3.05) is 0 Å². The highest BCUT2D eigenvalue weighted by Gasteiger charge is 2.38.